The number of aromatic nitrogens is 3. The SMILES string of the molecule is CCn1ccc([SH](=O)=NC(=O)Nc2c3c(nc(C4CC4)c2C2CC2)CCC3)n1. The van der Waals surface area contributed by atoms with E-state index in [1.54, 1.807) is 16.9 Å². The molecule has 0 saturated heterocycles. The van der Waals surface area contributed by atoms with Crippen LogP contribution in [0.25, 0.3) is 0 Å². The number of thiol groups is 1. The summed E-state index contributed by atoms with van der Waals surface area (Å²) < 4.78 is 18.0. The highest BCUT2D eigenvalue weighted by Gasteiger charge is 2.38. The minimum absolute atomic E-state index is 0.341. The van der Waals surface area contributed by atoms with Gasteiger partial charge in [-0.15, -0.1) is 4.36 Å². The maximum Gasteiger partial charge on any atom is 0.353 e. The summed E-state index contributed by atoms with van der Waals surface area (Å²) in [6.07, 6.45) is 9.43. The van der Waals surface area contributed by atoms with Gasteiger partial charge in [-0.1, -0.05) is 0 Å². The van der Waals surface area contributed by atoms with Crippen molar-refractivity contribution in [2.75, 3.05) is 5.32 Å². The maximum atomic E-state index is 12.6. The Bertz CT molecular complexity index is 1030. The Morgan fingerprint density at radius 3 is 2.75 bits per heavy atom. The second-order valence-electron chi connectivity index (χ2n) is 7.95. The number of nitrogens with zero attached hydrogens (tertiary/aromatic N) is 4. The number of amides is 2. The smallest absolute Gasteiger partial charge is 0.305 e. The van der Waals surface area contributed by atoms with Gasteiger partial charge in [-0.2, -0.15) is 5.10 Å². The molecule has 2 saturated carbocycles. The zero-order valence-corrected chi connectivity index (χ0v) is 16.9. The molecule has 148 valence electrons. The molecule has 2 fully saturated rings. The number of carbonyl (C=O) groups is 1. The number of pyridine rings is 1. The summed E-state index contributed by atoms with van der Waals surface area (Å²) in [6.45, 7) is 2.64. The van der Waals surface area contributed by atoms with E-state index in [1.165, 1.54) is 29.7 Å². The average molecular weight is 400 g/mol. The molecule has 0 bridgehead atoms. The highest BCUT2D eigenvalue weighted by atomic mass is 32.2. The molecule has 0 aromatic carbocycles. The zero-order chi connectivity index (χ0) is 19.3. The zero-order valence-electron chi connectivity index (χ0n) is 16.0. The number of rotatable bonds is 5. The lowest BCUT2D eigenvalue weighted by Crippen LogP contribution is -2.14. The summed E-state index contributed by atoms with van der Waals surface area (Å²) in [4.78, 5) is 17.7. The Labute approximate surface area is 166 Å². The number of carbonyl (C=O) groups excluding carboxylic acids is 1. The summed E-state index contributed by atoms with van der Waals surface area (Å²) >= 11 is 0. The number of hydrogen-bond acceptors (Lipinski definition) is 4. The lowest BCUT2D eigenvalue weighted by Gasteiger charge is -2.18. The van der Waals surface area contributed by atoms with Crippen LogP contribution in [0.4, 0.5) is 10.5 Å². The van der Waals surface area contributed by atoms with Gasteiger partial charge in [-0.3, -0.25) is 9.67 Å². The summed E-state index contributed by atoms with van der Waals surface area (Å²) in [7, 11) is -2.20. The fourth-order valence-corrected chi connectivity index (χ4v) is 4.81. The Morgan fingerprint density at radius 2 is 2.07 bits per heavy atom. The first-order valence-electron chi connectivity index (χ1n) is 10.2. The van der Waals surface area contributed by atoms with Gasteiger partial charge >= 0.3 is 6.03 Å². The van der Waals surface area contributed by atoms with Crippen LogP contribution in [0.15, 0.2) is 21.7 Å². The van der Waals surface area contributed by atoms with E-state index in [-0.39, 0.29) is 0 Å². The van der Waals surface area contributed by atoms with Gasteiger partial charge < -0.3 is 5.32 Å². The number of fused-ring (bicyclic) bond motifs is 1. The lowest BCUT2D eigenvalue weighted by molar-refractivity contribution is 0.260. The van der Waals surface area contributed by atoms with Crippen LogP contribution in [0.5, 0.6) is 0 Å². The van der Waals surface area contributed by atoms with E-state index in [0.717, 1.165) is 43.5 Å². The molecule has 3 aliphatic carbocycles. The molecule has 1 unspecified atom stereocenters. The molecule has 0 aliphatic heterocycles. The normalized spacial score (nSPS) is 19.6. The Hall–Kier alpha value is -2.22. The van der Waals surface area contributed by atoms with E-state index in [0.29, 0.717) is 23.4 Å². The van der Waals surface area contributed by atoms with Gasteiger partial charge in [-0.05, 0) is 69.4 Å². The predicted octanol–water partition coefficient (Wildman–Crippen LogP) is 3.80. The van der Waals surface area contributed by atoms with Crippen LogP contribution in [0.1, 0.15) is 73.4 Å². The van der Waals surface area contributed by atoms with Crippen molar-refractivity contribution in [3.8, 4) is 0 Å². The van der Waals surface area contributed by atoms with Gasteiger partial charge in [0.1, 0.15) is 0 Å². The van der Waals surface area contributed by atoms with Crippen LogP contribution >= 0.6 is 0 Å². The molecule has 8 heteroatoms. The minimum Gasteiger partial charge on any atom is -0.305 e. The van der Waals surface area contributed by atoms with Crippen molar-refractivity contribution < 1.29 is 9.00 Å². The number of urea groups is 1. The minimum atomic E-state index is -2.20. The fraction of sp³-hybridized carbons (Fsp3) is 0.550. The first kappa shape index (κ1) is 17.8. The largest absolute Gasteiger partial charge is 0.353 e. The molecular formula is C20H25N5O2S. The van der Waals surface area contributed by atoms with Crippen LogP contribution in [0.3, 0.4) is 0 Å². The maximum absolute atomic E-state index is 12.6. The Balaban J connectivity index is 1.48. The first-order valence-corrected chi connectivity index (χ1v) is 11.4. The second-order valence-corrected chi connectivity index (χ2v) is 9.15. The molecule has 3 aliphatic rings. The molecule has 2 amide bonds. The molecular weight excluding hydrogens is 374 g/mol. The molecule has 1 N–H and O–H groups in total. The predicted molar refractivity (Wildman–Crippen MR) is 107 cm³/mol. The number of hydrogen-bond donors (Lipinski definition) is 2. The van der Waals surface area contributed by atoms with Crippen LogP contribution in [0.2, 0.25) is 0 Å². The van der Waals surface area contributed by atoms with E-state index < -0.39 is 16.6 Å². The van der Waals surface area contributed by atoms with Gasteiger partial charge in [-0.25, -0.2) is 9.00 Å². The summed E-state index contributed by atoms with van der Waals surface area (Å²) in [5, 5.41) is 7.55. The quantitative estimate of drug-likeness (QED) is 0.749. The standard InChI is InChI=1S/C20H25N5O2S/c1-2-25-11-10-16(23-25)28(27)24-20(26)22-19-14-4-3-5-15(14)21-18(13-8-9-13)17(19)12-6-7-12/h10-13,28H,2-9H2,1H3,(H,21,22,26). The van der Waals surface area contributed by atoms with E-state index >= 15 is 0 Å². The van der Waals surface area contributed by atoms with Crippen LogP contribution in [-0.4, -0.2) is 25.0 Å². The van der Waals surface area contributed by atoms with Crippen molar-refractivity contribution in [3.05, 3.63) is 34.8 Å². The van der Waals surface area contributed by atoms with Crippen molar-refractivity contribution in [1.82, 2.24) is 14.8 Å². The summed E-state index contributed by atoms with van der Waals surface area (Å²) in [5.41, 5.74) is 5.65. The molecule has 2 aromatic rings. The highest BCUT2D eigenvalue weighted by molar-refractivity contribution is 7.75. The molecule has 2 aromatic heterocycles. The van der Waals surface area contributed by atoms with Gasteiger partial charge in [0.25, 0.3) is 0 Å². The Morgan fingerprint density at radius 1 is 1.29 bits per heavy atom. The molecule has 28 heavy (non-hydrogen) atoms. The first-order chi connectivity index (χ1) is 13.6. The molecule has 7 nitrogen and oxygen atoms in total. The molecule has 0 spiro atoms. The molecule has 5 rings (SSSR count). The fourth-order valence-electron chi connectivity index (χ4n) is 4.11. The van der Waals surface area contributed by atoms with E-state index in [4.69, 9.17) is 4.98 Å². The summed E-state index contributed by atoms with van der Waals surface area (Å²) in [6, 6.07) is 1.11. The molecule has 1 atom stereocenters. The van der Waals surface area contributed by atoms with E-state index in [2.05, 4.69) is 14.8 Å². The van der Waals surface area contributed by atoms with E-state index in [1.807, 2.05) is 6.92 Å². The van der Waals surface area contributed by atoms with E-state index in [9.17, 15) is 9.00 Å². The number of anilines is 1. The topological polar surface area (TPSA) is 89.2 Å². The van der Waals surface area contributed by atoms with Crippen LogP contribution in [-0.2, 0) is 30.0 Å². The van der Waals surface area contributed by atoms with Gasteiger partial charge in [0.15, 0.2) is 5.03 Å². The highest BCUT2D eigenvalue weighted by Crippen LogP contribution is 2.52. The number of aryl methyl sites for hydroxylation is 2. The molecule has 0 radical (unpaired) electrons. The van der Waals surface area contributed by atoms with Crippen LogP contribution < -0.4 is 5.32 Å². The monoisotopic (exact) mass is 399 g/mol. The molecule has 2 heterocycles. The third-order valence-electron chi connectivity index (χ3n) is 5.80. The van der Waals surface area contributed by atoms with Crippen molar-refractivity contribution >= 4 is 22.3 Å². The van der Waals surface area contributed by atoms with Crippen molar-refractivity contribution in [1.29, 1.82) is 0 Å². The van der Waals surface area contributed by atoms with Gasteiger partial charge in [0.2, 0.25) is 0 Å². The van der Waals surface area contributed by atoms with Crippen molar-refractivity contribution in [3.63, 3.8) is 0 Å². The average Bonchev–Trinajstić information content (AvgIpc) is 3.60. The summed E-state index contributed by atoms with van der Waals surface area (Å²) in [5.74, 6) is 1.04. The second kappa shape index (κ2) is 6.99. The van der Waals surface area contributed by atoms with Gasteiger partial charge in [0.05, 0.1) is 16.3 Å². The van der Waals surface area contributed by atoms with Crippen molar-refractivity contribution in [2.24, 2.45) is 4.36 Å². The number of nitrogens with one attached hydrogen (secondary N) is 1. The lowest BCUT2D eigenvalue weighted by atomic mass is 9.98. The third kappa shape index (κ3) is 3.34. The van der Waals surface area contributed by atoms with Gasteiger partial charge in [0, 0.05) is 35.6 Å². The third-order valence-corrected chi connectivity index (χ3v) is 6.79. The Kier molecular flexibility index (Phi) is 4.45. The van der Waals surface area contributed by atoms with Crippen molar-refractivity contribution in [2.45, 2.75) is 75.3 Å². The van der Waals surface area contributed by atoms with Crippen LogP contribution in [0, 0.1) is 0 Å².